The van der Waals surface area contributed by atoms with Crippen LogP contribution >= 0.6 is 15.9 Å². The predicted octanol–water partition coefficient (Wildman–Crippen LogP) is 3.86. The SMILES string of the molecule is COc1ccc(Br)c(C(=O)Nc2ccc3c(C)cc(=O)[nH]c3c2)c1. The van der Waals surface area contributed by atoms with Crippen LogP contribution in [0, 0.1) is 6.92 Å². The van der Waals surface area contributed by atoms with E-state index in [1.54, 1.807) is 43.5 Å². The first kappa shape index (κ1) is 16.3. The van der Waals surface area contributed by atoms with Crippen molar-refractivity contribution in [1.82, 2.24) is 4.98 Å². The van der Waals surface area contributed by atoms with E-state index in [1.807, 2.05) is 13.0 Å². The number of nitrogens with one attached hydrogen (secondary N) is 2. The minimum atomic E-state index is -0.268. The van der Waals surface area contributed by atoms with Crippen molar-refractivity contribution in [3.63, 3.8) is 0 Å². The van der Waals surface area contributed by atoms with Crippen molar-refractivity contribution in [2.45, 2.75) is 6.92 Å². The zero-order valence-corrected chi connectivity index (χ0v) is 14.7. The smallest absolute Gasteiger partial charge is 0.256 e. The minimum Gasteiger partial charge on any atom is -0.497 e. The summed E-state index contributed by atoms with van der Waals surface area (Å²) in [5, 5.41) is 3.77. The number of rotatable bonds is 3. The number of benzene rings is 2. The number of aromatic amines is 1. The van der Waals surface area contributed by atoms with Crippen LogP contribution in [0.25, 0.3) is 10.9 Å². The molecule has 0 atom stereocenters. The summed E-state index contributed by atoms with van der Waals surface area (Å²) in [6, 6.07) is 12.2. The van der Waals surface area contributed by atoms with Crippen LogP contribution in [0.15, 0.2) is 51.7 Å². The van der Waals surface area contributed by atoms with Gasteiger partial charge in [-0.2, -0.15) is 0 Å². The monoisotopic (exact) mass is 386 g/mol. The van der Waals surface area contributed by atoms with Crippen LogP contribution in [-0.4, -0.2) is 18.0 Å². The Morgan fingerprint density at radius 2 is 1.96 bits per heavy atom. The molecule has 0 saturated heterocycles. The van der Waals surface area contributed by atoms with Crippen molar-refractivity contribution in [3.8, 4) is 5.75 Å². The first-order valence-electron chi connectivity index (χ1n) is 7.26. The molecule has 1 heterocycles. The molecule has 24 heavy (non-hydrogen) atoms. The third kappa shape index (κ3) is 3.19. The van der Waals surface area contributed by atoms with Gasteiger partial charge in [-0.05, 0) is 58.7 Å². The van der Waals surface area contributed by atoms with Crippen molar-refractivity contribution in [1.29, 1.82) is 0 Å². The fraction of sp³-hybridized carbons (Fsp3) is 0.111. The van der Waals surface area contributed by atoms with Gasteiger partial charge >= 0.3 is 0 Å². The Bertz CT molecular complexity index is 995. The van der Waals surface area contributed by atoms with Gasteiger partial charge in [0.2, 0.25) is 5.56 Å². The molecule has 2 aromatic carbocycles. The zero-order chi connectivity index (χ0) is 17.3. The number of hydrogen-bond donors (Lipinski definition) is 2. The molecule has 3 rings (SSSR count). The van der Waals surface area contributed by atoms with Gasteiger partial charge in [0.25, 0.3) is 5.91 Å². The Labute approximate surface area is 146 Å². The number of hydrogen-bond acceptors (Lipinski definition) is 3. The maximum absolute atomic E-state index is 12.5. The first-order valence-corrected chi connectivity index (χ1v) is 8.06. The highest BCUT2D eigenvalue weighted by atomic mass is 79.9. The van der Waals surface area contributed by atoms with Crippen molar-refractivity contribution >= 4 is 38.4 Å². The largest absolute Gasteiger partial charge is 0.497 e. The molecule has 1 amide bonds. The zero-order valence-electron chi connectivity index (χ0n) is 13.1. The second kappa shape index (κ2) is 6.49. The first-order chi connectivity index (χ1) is 11.5. The summed E-state index contributed by atoms with van der Waals surface area (Å²) in [7, 11) is 1.55. The fourth-order valence-corrected chi connectivity index (χ4v) is 2.94. The van der Waals surface area contributed by atoms with E-state index in [0.29, 0.717) is 27.0 Å². The van der Waals surface area contributed by atoms with E-state index in [9.17, 15) is 9.59 Å². The molecule has 0 spiro atoms. The number of aromatic nitrogens is 1. The Hall–Kier alpha value is -2.60. The number of pyridine rings is 1. The fourth-order valence-electron chi connectivity index (χ4n) is 2.52. The van der Waals surface area contributed by atoms with E-state index in [-0.39, 0.29) is 11.5 Å². The number of H-pyrrole nitrogens is 1. The number of amides is 1. The van der Waals surface area contributed by atoms with Crippen LogP contribution in [0.4, 0.5) is 5.69 Å². The van der Waals surface area contributed by atoms with Gasteiger partial charge in [0.05, 0.1) is 18.2 Å². The lowest BCUT2D eigenvalue weighted by atomic mass is 10.1. The van der Waals surface area contributed by atoms with Crippen LogP contribution in [0.1, 0.15) is 15.9 Å². The molecule has 122 valence electrons. The minimum absolute atomic E-state index is 0.168. The predicted molar refractivity (Wildman–Crippen MR) is 98.0 cm³/mol. The number of carbonyl (C=O) groups is 1. The topological polar surface area (TPSA) is 71.2 Å². The lowest BCUT2D eigenvalue weighted by Gasteiger charge is -2.10. The lowest BCUT2D eigenvalue weighted by Crippen LogP contribution is -2.13. The second-order valence-electron chi connectivity index (χ2n) is 5.38. The van der Waals surface area contributed by atoms with Crippen molar-refractivity contribution < 1.29 is 9.53 Å². The summed E-state index contributed by atoms with van der Waals surface area (Å²) < 4.78 is 5.83. The van der Waals surface area contributed by atoms with Gasteiger partial charge in [0.15, 0.2) is 0 Å². The van der Waals surface area contributed by atoms with E-state index >= 15 is 0 Å². The van der Waals surface area contributed by atoms with Crippen LogP contribution < -0.4 is 15.6 Å². The molecule has 6 heteroatoms. The number of fused-ring (bicyclic) bond motifs is 1. The van der Waals surface area contributed by atoms with Gasteiger partial charge in [-0.1, -0.05) is 6.07 Å². The third-order valence-corrected chi connectivity index (χ3v) is 4.42. The number of halogens is 1. The maximum atomic E-state index is 12.5. The molecule has 1 aromatic heterocycles. The number of anilines is 1. The summed E-state index contributed by atoms with van der Waals surface area (Å²) in [5.74, 6) is 0.331. The van der Waals surface area contributed by atoms with Gasteiger partial charge in [0, 0.05) is 21.6 Å². The van der Waals surface area contributed by atoms with E-state index in [2.05, 4.69) is 26.2 Å². The molecule has 2 N–H and O–H groups in total. The molecule has 0 fully saturated rings. The Morgan fingerprint density at radius 1 is 1.17 bits per heavy atom. The highest BCUT2D eigenvalue weighted by molar-refractivity contribution is 9.10. The van der Waals surface area contributed by atoms with Crippen molar-refractivity contribution in [2.75, 3.05) is 12.4 Å². The second-order valence-corrected chi connectivity index (χ2v) is 6.23. The molecule has 0 aliphatic rings. The standard InChI is InChI=1S/C18H15BrN2O3/c1-10-7-17(22)21-16-8-11(3-5-13(10)16)20-18(23)14-9-12(24-2)4-6-15(14)19/h3-9H,1-2H3,(H,20,23)(H,21,22). The van der Waals surface area contributed by atoms with Crippen LogP contribution in [0.5, 0.6) is 5.75 Å². The normalized spacial score (nSPS) is 10.6. The van der Waals surface area contributed by atoms with Gasteiger partial charge in [-0.15, -0.1) is 0 Å². The molecule has 0 radical (unpaired) electrons. The van der Waals surface area contributed by atoms with E-state index in [0.717, 1.165) is 10.9 Å². The molecule has 0 bridgehead atoms. The summed E-state index contributed by atoms with van der Waals surface area (Å²) >= 11 is 3.37. The molecule has 0 unspecified atom stereocenters. The van der Waals surface area contributed by atoms with Crippen LogP contribution in [0.2, 0.25) is 0 Å². The number of carbonyl (C=O) groups excluding carboxylic acids is 1. The average molecular weight is 387 g/mol. The average Bonchev–Trinajstić information content (AvgIpc) is 2.54. The molecule has 5 nitrogen and oxygen atoms in total. The third-order valence-electron chi connectivity index (χ3n) is 3.73. The summed E-state index contributed by atoms with van der Waals surface area (Å²) in [6.45, 7) is 1.88. The van der Waals surface area contributed by atoms with Crippen molar-refractivity contribution in [3.05, 3.63) is 68.4 Å². The van der Waals surface area contributed by atoms with E-state index in [1.165, 1.54) is 0 Å². The Kier molecular flexibility index (Phi) is 4.40. The van der Waals surface area contributed by atoms with E-state index < -0.39 is 0 Å². The van der Waals surface area contributed by atoms with Gasteiger partial charge in [-0.25, -0.2) is 0 Å². The highest BCUT2D eigenvalue weighted by Gasteiger charge is 2.12. The molecular formula is C18H15BrN2O3. The van der Waals surface area contributed by atoms with Gasteiger partial charge in [0.1, 0.15) is 5.75 Å². The molecule has 3 aromatic rings. The van der Waals surface area contributed by atoms with Gasteiger partial charge in [-0.3, -0.25) is 9.59 Å². The van der Waals surface area contributed by atoms with Crippen LogP contribution in [-0.2, 0) is 0 Å². The Balaban J connectivity index is 1.95. The summed E-state index contributed by atoms with van der Waals surface area (Å²) in [6.07, 6.45) is 0. The Morgan fingerprint density at radius 3 is 2.71 bits per heavy atom. The molecule has 0 aliphatic carbocycles. The molecule has 0 saturated carbocycles. The number of ether oxygens (including phenoxy) is 1. The van der Waals surface area contributed by atoms with Gasteiger partial charge < -0.3 is 15.0 Å². The summed E-state index contributed by atoms with van der Waals surface area (Å²) in [5.41, 5.74) is 2.47. The quantitative estimate of drug-likeness (QED) is 0.717. The number of aryl methyl sites for hydroxylation is 1. The van der Waals surface area contributed by atoms with Crippen molar-refractivity contribution in [2.24, 2.45) is 0 Å². The maximum Gasteiger partial charge on any atom is 0.256 e. The van der Waals surface area contributed by atoms with Crippen LogP contribution in [0.3, 0.4) is 0 Å². The number of methoxy groups -OCH3 is 1. The molecule has 0 aliphatic heterocycles. The molecular weight excluding hydrogens is 372 g/mol. The lowest BCUT2D eigenvalue weighted by molar-refractivity contribution is 0.102. The summed E-state index contributed by atoms with van der Waals surface area (Å²) in [4.78, 5) is 26.9. The van der Waals surface area contributed by atoms with E-state index in [4.69, 9.17) is 4.74 Å². The highest BCUT2D eigenvalue weighted by Crippen LogP contribution is 2.24.